The number of hydrogen-bond donors (Lipinski definition) is 0. The van der Waals surface area contributed by atoms with Gasteiger partial charge in [-0.1, -0.05) is 11.6 Å². The summed E-state index contributed by atoms with van der Waals surface area (Å²) in [5.41, 5.74) is 2.50. The van der Waals surface area contributed by atoms with Crippen molar-refractivity contribution >= 4 is 11.6 Å². The molecule has 0 unspecified atom stereocenters. The maximum atomic E-state index is 5.46. The number of nitrogens with zero attached hydrogens (tertiary/aromatic N) is 2. The first-order chi connectivity index (χ1) is 5.72. The Morgan fingerprint density at radius 3 is 3.08 bits per heavy atom. The summed E-state index contributed by atoms with van der Waals surface area (Å²) in [6.07, 6.45) is 3.48. The minimum atomic E-state index is 0.509. The lowest BCUT2D eigenvalue weighted by Gasteiger charge is -2.00. The minimum absolute atomic E-state index is 0.509. The fourth-order valence-electron chi connectivity index (χ4n) is 0.702. The summed E-state index contributed by atoms with van der Waals surface area (Å²) in [5.74, 6) is 0.760. The maximum Gasteiger partial charge on any atom is 0.157 e. The van der Waals surface area contributed by atoms with Crippen LogP contribution in [0.1, 0.15) is 6.92 Å². The Kier molecular flexibility index (Phi) is 3.17. The molecule has 1 aromatic heterocycles. The number of rotatable bonds is 3. The van der Waals surface area contributed by atoms with Crippen LogP contribution in [0.15, 0.2) is 23.5 Å². The Hall–Kier alpha value is -0.960. The molecule has 0 N–H and O–H groups in total. The number of aryl methyl sites for hydroxylation is 1. The molecule has 0 saturated carbocycles. The SMILES string of the molecule is CC(=CCl)COc1cnn(C)c1. The molecule has 1 rings (SSSR count). The zero-order valence-corrected chi connectivity index (χ0v) is 7.88. The van der Waals surface area contributed by atoms with Crippen LogP contribution in [-0.2, 0) is 7.05 Å². The zero-order valence-electron chi connectivity index (χ0n) is 7.12. The van der Waals surface area contributed by atoms with E-state index in [4.69, 9.17) is 16.3 Å². The van der Waals surface area contributed by atoms with Gasteiger partial charge in [0, 0.05) is 12.6 Å². The quantitative estimate of drug-likeness (QED) is 0.722. The van der Waals surface area contributed by atoms with Crippen LogP contribution < -0.4 is 4.74 Å². The summed E-state index contributed by atoms with van der Waals surface area (Å²) < 4.78 is 7.03. The molecule has 4 heteroatoms. The van der Waals surface area contributed by atoms with Gasteiger partial charge in [0.25, 0.3) is 0 Å². The van der Waals surface area contributed by atoms with E-state index in [1.54, 1.807) is 10.9 Å². The molecule has 0 bridgehead atoms. The summed E-state index contributed by atoms with van der Waals surface area (Å²) in [6, 6.07) is 0. The van der Waals surface area contributed by atoms with Crippen molar-refractivity contribution in [2.24, 2.45) is 7.05 Å². The minimum Gasteiger partial charge on any atom is -0.486 e. The second-order valence-electron chi connectivity index (χ2n) is 2.59. The van der Waals surface area contributed by atoms with Crippen molar-refractivity contribution in [2.75, 3.05) is 6.61 Å². The molecule has 0 aliphatic rings. The molecule has 0 atom stereocenters. The molecule has 66 valence electrons. The largest absolute Gasteiger partial charge is 0.486 e. The standard InChI is InChI=1S/C8H11ClN2O/c1-7(3-9)6-12-8-4-10-11(2)5-8/h3-5H,6H2,1-2H3. The molecule has 0 fully saturated rings. The van der Waals surface area contributed by atoms with Crippen molar-refractivity contribution < 1.29 is 4.74 Å². The average molecular weight is 187 g/mol. The predicted molar refractivity (Wildman–Crippen MR) is 48.3 cm³/mol. The van der Waals surface area contributed by atoms with E-state index in [0.29, 0.717) is 6.61 Å². The highest BCUT2D eigenvalue weighted by molar-refractivity contribution is 6.25. The molecule has 0 radical (unpaired) electrons. The second kappa shape index (κ2) is 4.16. The van der Waals surface area contributed by atoms with Crippen molar-refractivity contribution in [2.45, 2.75) is 6.92 Å². The summed E-state index contributed by atoms with van der Waals surface area (Å²) in [5, 5.41) is 3.96. The van der Waals surface area contributed by atoms with Crippen LogP contribution in [0.3, 0.4) is 0 Å². The highest BCUT2D eigenvalue weighted by Gasteiger charge is 1.96. The predicted octanol–water partition coefficient (Wildman–Crippen LogP) is 1.94. The fourth-order valence-corrected chi connectivity index (χ4v) is 0.765. The smallest absolute Gasteiger partial charge is 0.157 e. The van der Waals surface area contributed by atoms with Gasteiger partial charge in [-0.3, -0.25) is 4.68 Å². The molecule has 1 aromatic rings. The molecular weight excluding hydrogens is 176 g/mol. The van der Waals surface area contributed by atoms with E-state index in [2.05, 4.69) is 5.10 Å². The van der Waals surface area contributed by atoms with E-state index in [-0.39, 0.29) is 0 Å². The van der Waals surface area contributed by atoms with E-state index >= 15 is 0 Å². The van der Waals surface area contributed by atoms with Crippen molar-refractivity contribution in [1.82, 2.24) is 9.78 Å². The van der Waals surface area contributed by atoms with Crippen LogP contribution in [0.5, 0.6) is 5.75 Å². The highest BCUT2D eigenvalue weighted by atomic mass is 35.5. The van der Waals surface area contributed by atoms with Crippen molar-refractivity contribution in [3.05, 3.63) is 23.5 Å². The van der Waals surface area contributed by atoms with E-state index in [1.807, 2.05) is 20.2 Å². The average Bonchev–Trinajstić information content (AvgIpc) is 2.47. The molecule has 3 nitrogen and oxygen atoms in total. The number of ether oxygens (including phenoxy) is 1. The van der Waals surface area contributed by atoms with Crippen molar-refractivity contribution in [3.63, 3.8) is 0 Å². The Labute approximate surface area is 76.6 Å². The van der Waals surface area contributed by atoms with Gasteiger partial charge in [-0.05, 0) is 12.5 Å². The van der Waals surface area contributed by atoms with Crippen LogP contribution in [-0.4, -0.2) is 16.4 Å². The van der Waals surface area contributed by atoms with E-state index in [0.717, 1.165) is 11.3 Å². The zero-order chi connectivity index (χ0) is 8.97. The molecule has 0 aromatic carbocycles. The Morgan fingerprint density at radius 2 is 2.58 bits per heavy atom. The first kappa shape index (κ1) is 9.13. The summed E-state index contributed by atoms with van der Waals surface area (Å²) >= 11 is 5.46. The van der Waals surface area contributed by atoms with Crippen LogP contribution in [0, 0.1) is 0 Å². The van der Waals surface area contributed by atoms with Crippen molar-refractivity contribution in [1.29, 1.82) is 0 Å². The van der Waals surface area contributed by atoms with Gasteiger partial charge < -0.3 is 4.74 Å². The fraction of sp³-hybridized carbons (Fsp3) is 0.375. The van der Waals surface area contributed by atoms with Crippen molar-refractivity contribution in [3.8, 4) is 5.75 Å². The van der Waals surface area contributed by atoms with Gasteiger partial charge >= 0.3 is 0 Å². The molecule has 0 amide bonds. The Morgan fingerprint density at radius 1 is 1.83 bits per heavy atom. The number of hydrogen-bond acceptors (Lipinski definition) is 2. The van der Waals surface area contributed by atoms with E-state index in [9.17, 15) is 0 Å². The van der Waals surface area contributed by atoms with Crippen LogP contribution in [0.25, 0.3) is 0 Å². The van der Waals surface area contributed by atoms with Crippen LogP contribution in [0.4, 0.5) is 0 Å². The van der Waals surface area contributed by atoms with Gasteiger partial charge in [0.05, 0.1) is 12.4 Å². The number of aromatic nitrogens is 2. The molecule has 0 spiro atoms. The van der Waals surface area contributed by atoms with Crippen LogP contribution in [0.2, 0.25) is 0 Å². The first-order valence-corrected chi connectivity index (χ1v) is 4.03. The lowest BCUT2D eigenvalue weighted by atomic mass is 10.4. The lowest BCUT2D eigenvalue weighted by molar-refractivity contribution is 0.352. The third-order valence-corrected chi connectivity index (χ3v) is 1.71. The molecule has 12 heavy (non-hydrogen) atoms. The van der Waals surface area contributed by atoms with Gasteiger partial charge in [-0.15, -0.1) is 0 Å². The van der Waals surface area contributed by atoms with E-state index < -0.39 is 0 Å². The van der Waals surface area contributed by atoms with E-state index in [1.165, 1.54) is 5.54 Å². The summed E-state index contributed by atoms with van der Waals surface area (Å²) in [7, 11) is 1.84. The van der Waals surface area contributed by atoms with Crippen LogP contribution >= 0.6 is 11.6 Å². The molecule has 0 saturated heterocycles. The molecule has 0 aliphatic heterocycles. The summed E-state index contributed by atoms with van der Waals surface area (Å²) in [4.78, 5) is 0. The molecule has 1 heterocycles. The van der Waals surface area contributed by atoms with Gasteiger partial charge in [0.15, 0.2) is 5.75 Å². The third-order valence-electron chi connectivity index (χ3n) is 1.33. The first-order valence-electron chi connectivity index (χ1n) is 3.59. The van der Waals surface area contributed by atoms with Gasteiger partial charge in [-0.2, -0.15) is 5.10 Å². The highest BCUT2D eigenvalue weighted by Crippen LogP contribution is 2.08. The van der Waals surface area contributed by atoms with Gasteiger partial charge in [-0.25, -0.2) is 0 Å². The Bertz CT molecular complexity index is 280. The third kappa shape index (κ3) is 2.58. The monoisotopic (exact) mass is 186 g/mol. The maximum absolute atomic E-state index is 5.46. The molecular formula is C8H11ClN2O. The topological polar surface area (TPSA) is 27.1 Å². The van der Waals surface area contributed by atoms with Gasteiger partial charge in [0.2, 0.25) is 0 Å². The molecule has 0 aliphatic carbocycles. The Balaban J connectivity index is 2.43. The number of halogens is 1. The van der Waals surface area contributed by atoms with Gasteiger partial charge in [0.1, 0.15) is 6.61 Å². The normalized spacial score (nSPS) is 11.8. The summed E-state index contributed by atoms with van der Waals surface area (Å²) in [6.45, 7) is 2.42. The second-order valence-corrected chi connectivity index (χ2v) is 2.81. The lowest BCUT2D eigenvalue weighted by Crippen LogP contribution is -1.96.